The molecule has 0 aliphatic rings. The molecule has 1 unspecified atom stereocenters. The van der Waals surface area contributed by atoms with E-state index in [1.807, 2.05) is 38.1 Å². The predicted molar refractivity (Wildman–Crippen MR) is 172 cm³/mol. The molecule has 0 saturated heterocycles. The molecule has 4 aromatic carbocycles. The smallest absolute Gasteiger partial charge is 0.339 e. The summed E-state index contributed by atoms with van der Waals surface area (Å²) in [5.41, 5.74) is 2.57. The lowest BCUT2D eigenvalue weighted by Gasteiger charge is -2.16. The van der Waals surface area contributed by atoms with Crippen LogP contribution in [-0.2, 0) is 9.59 Å². The Morgan fingerprint density at radius 3 is 2.25 bits per heavy atom. The summed E-state index contributed by atoms with van der Waals surface area (Å²) >= 11 is 1.28. The highest BCUT2D eigenvalue weighted by atomic mass is 32.2. The summed E-state index contributed by atoms with van der Waals surface area (Å²) < 4.78 is 0. The number of hydrogen-bond acceptors (Lipinski definition) is 6. The van der Waals surface area contributed by atoms with Crippen molar-refractivity contribution in [2.75, 3.05) is 10.6 Å². The Balaban J connectivity index is 1.50. The van der Waals surface area contributed by atoms with Crippen LogP contribution in [0.2, 0.25) is 0 Å². The molecule has 0 aromatic heterocycles. The lowest BCUT2D eigenvalue weighted by Crippen LogP contribution is -2.30. The van der Waals surface area contributed by atoms with E-state index in [4.69, 9.17) is 0 Å². The zero-order valence-corrected chi connectivity index (χ0v) is 24.9. The molecule has 9 nitrogen and oxygen atoms in total. The Morgan fingerprint density at radius 1 is 0.841 bits per heavy atom. The van der Waals surface area contributed by atoms with Gasteiger partial charge in [0.2, 0.25) is 5.91 Å². The molecule has 0 spiro atoms. The van der Waals surface area contributed by atoms with E-state index in [0.29, 0.717) is 22.6 Å². The van der Waals surface area contributed by atoms with E-state index < -0.39 is 28.8 Å². The number of nitrogens with one attached hydrogen (secondary N) is 3. The highest BCUT2D eigenvalue weighted by Crippen LogP contribution is 2.29. The van der Waals surface area contributed by atoms with Gasteiger partial charge in [-0.1, -0.05) is 55.5 Å². The number of anilines is 2. The van der Waals surface area contributed by atoms with Crippen LogP contribution < -0.4 is 16.0 Å². The van der Waals surface area contributed by atoms with E-state index in [0.717, 1.165) is 11.1 Å². The fourth-order valence-electron chi connectivity index (χ4n) is 4.19. The van der Waals surface area contributed by atoms with Crippen LogP contribution in [0.1, 0.15) is 45.2 Å². The Kier molecular flexibility index (Phi) is 10.6. The average Bonchev–Trinajstić information content (AvgIpc) is 3.01. The van der Waals surface area contributed by atoms with Crippen LogP contribution in [-0.4, -0.2) is 39.2 Å². The molecule has 0 radical (unpaired) electrons. The molecular formula is C34H31N3O6S. The summed E-state index contributed by atoms with van der Waals surface area (Å²) in [7, 11) is 0. The topological polar surface area (TPSA) is 145 Å². The van der Waals surface area contributed by atoms with Crippen molar-refractivity contribution in [2.24, 2.45) is 0 Å². The quantitative estimate of drug-likeness (QED) is 0.0760. The van der Waals surface area contributed by atoms with Crippen LogP contribution in [0.25, 0.3) is 6.08 Å². The highest BCUT2D eigenvalue weighted by Gasteiger charge is 2.20. The predicted octanol–water partition coefficient (Wildman–Crippen LogP) is 6.32. The van der Waals surface area contributed by atoms with Crippen LogP contribution in [0, 0.1) is 6.92 Å². The molecule has 44 heavy (non-hydrogen) atoms. The van der Waals surface area contributed by atoms with Gasteiger partial charge in [-0.25, -0.2) is 4.79 Å². The summed E-state index contributed by atoms with van der Waals surface area (Å²) in [4.78, 5) is 51.5. The van der Waals surface area contributed by atoms with Crippen LogP contribution in [0.3, 0.4) is 0 Å². The molecule has 0 bridgehead atoms. The van der Waals surface area contributed by atoms with Crippen molar-refractivity contribution >= 4 is 52.9 Å². The molecule has 5 N–H and O–H groups in total. The van der Waals surface area contributed by atoms with Gasteiger partial charge in [-0.2, -0.15) is 0 Å². The molecule has 4 aromatic rings. The van der Waals surface area contributed by atoms with E-state index in [1.165, 1.54) is 30.0 Å². The molecule has 10 heteroatoms. The van der Waals surface area contributed by atoms with Gasteiger partial charge in [0.05, 0.1) is 5.25 Å². The maximum absolute atomic E-state index is 13.5. The van der Waals surface area contributed by atoms with Crippen molar-refractivity contribution in [1.29, 1.82) is 0 Å². The molecule has 4 rings (SSSR count). The number of rotatable bonds is 11. The number of carboxylic acids is 1. The van der Waals surface area contributed by atoms with Crippen LogP contribution in [0.15, 0.2) is 108 Å². The van der Waals surface area contributed by atoms with E-state index in [1.54, 1.807) is 60.7 Å². The van der Waals surface area contributed by atoms with Gasteiger partial charge in [-0.05, 0) is 79.1 Å². The van der Waals surface area contributed by atoms with Crippen molar-refractivity contribution in [3.63, 3.8) is 0 Å². The number of carboxylic acid groups (broad SMARTS) is 1. The third kappa shape index (κ3) is 8.36. The number of aryl methyl sites for hydroxylation is 1. The van der Waals surface area contributed by atoms with Gasteiger partial charge in [0.25, 0.3) is 11.8 Å². The van der Waals surface area contributed by atoms with Crippen molar-refractivity contribution in [3.8, 4) is 5.75 Å². The zero-order valence-electron chi connectivity index (χ0n) is 24.0. The van der Waals surface area contributed by atoms with Gasteiger partial charge in [0.15, 0.2) is 0 Å². The van der Waals surface area contributed by atoms with Gasteiger partial charge in [0.1, 0.15) is 17.0 Å². The minimum Gasteiger partial charge on any atom is -0.507 e. The number of carbonyl (C=O) groups excluding carboxylic acids is 3. The minimum absolute atomic E-state index is 0.0617. The van der Waals surface area contributed by atoms with Crippen LogP contribution >= 0.6 is 11.8 Å². The number of phenols is 1. The van der Waals surface area contributed by atoms with Gasteiger partial charge < -0.3 is 26.2 Å². The summed E-state index contributed by atoms with van der Waals surface area (Å²) in [6.07, 6.45) is 2.09. The Morgan fingerprint density at radius 2 is 1.55 bits per heavy atom. The number of hydrogen-bond donors (Lipinski definition) is 5. The first-order valence-electron chi connectivity index (χ1n) is 13.7. The second kappa shape index (κ2) is 14.7. The monoisotopic (exact) mass is 609 g/mol. The largest absolute Gasteiger partial charge is 0.507 e. The molecule has 1 atom stereocenters. The number of benzene rings is 4. The fourth-order valence-corrected chi connectivity index (χ4v) is 5.20. The molecular weight excluding hydrogens is 578 g/mol. The molecule has 0 fully saturated rings. The summed E-state index contributed by atoms with van der Waals surface area (Å²) in [6, 6.07) is 26.9. The molecule has 0 aliphatic heterocycles. The SMILES string of the molecule is CCC(Sc1cccc(NC(=O)/C(=C/c2ccccc2C)NC(=O)c2ccccc2)c1)C(=O)Nc1ccc(O)c(C(=O)O)c1. The molecule has 0 aliphatic carbocycles. The third-order valence-corrected chi connectivity index (χ3v) is 7.90. The van der Waals surface area contributed by atoms with E-state index in [9.17, 15) is 29.4 Å². The van der Waals surface area contributed by atoms with Crippen LogP contribution in [0.4, 0.5) is 11.4 Å². The molecule has 0 heterocycles. The Labute approximate surface area is 259 Å². The third-order valence-electron chi connectivity index (χ3n) is 6.55. The van der Waals surface area contributed by atoms with Gasteiger partial charge >= 0.3 is 5.97 Å². The first-order valence-corrected chi connectivity index (χ1v) is 14.6. The summed E-state index contributed by atoms with van der Waals surface area (Å²) in [6.45, 7) is 3.76. The van der Waals surface area contributed by atoms with Crippen LogP contribution in [0.5, 0.6) is 5.75 Å². The fraction of sp³-hybridized carbons (Fsp3) is 0.118. The van der Waals surface area contributed by atoms with Crippen molar-refractivity contribution in [2.45, 2.75) is 30.4 Å². The van der Waals surface area contributed by atoms with Gasteiger partial charge in [-0.3, -0.25) is 14.4 Å². The number of thioether (sulfide) groups is 1. The second-order valence-electron chi connectivity index (χ2n) is 9.76. The highest BCUT2D eigenvalue weighted by molar-refractivity contribution is 8.00. The second-order valence-corrected chi connectivity index (χ2v) is 11.0. The van der Waals surface area contributed by atoms with Gasteiger partial charge in [0, 0.05) is 21.8 Å². The standard InChI is InChI=1S/C34H31N3O6S/c1-3-30(33(41)36-25-16-17-29(38)27(20-25)34(42)43)44-26-15-9-14-24(19-26)35-32(40)28(18-23-13-8-7-10-21(23)2)37-31(39)22-11-5-4-6-12-22/h4-20,30,38H,3H2,1-2H3,(H,35,40)(H,36,41)(H,37,39)(H,42,43)/b28-18-. The first kappa shape index (κ1) is 31.6. The average molecular weight is 610 g/mol. The minimum atomic E-state index is -1.31. The molecule has 224 valence electrons. The maximum atomic E-state index is 13.5. The number of carbonyl (C=O) groups is 4. The Bertz CT molecular complexity index is 1720. The number of aromatic hydroxyl groups is 1. The van der Waals surface area contributed by atoms with E-state index >= 15 is 0 Å². The normalized spacial score (nSPS) is 11.7. The van der Waals surface area contributed by atoms with Crippen molar-refractivity contribution in [1.82, 2.24) is 5.32 Å². The number of amides is 3. The zero-order chi connectivity index (χ0) is 31.6. The molecule has 3 amide bonds. The summed E-state index contributed by atoms with van der Waals surface area (Å²) in [5, 5.41) is 26.7. The first-order chi connectivity index (χ1) is 21.1. The lowest BCUT2D eigenvalue weighted by atomic mass is 10.1. The lowest BCUT2D eigenvalue weighted by molar-refractivity contribution is -0.116. The van der Waals surface area contributed by atoms with Crippen molar-refractivity contribution < 1.29 is 29.4 Å². The molecule has 0 saturated carbocycles. The summed E-state index contributed by atoms with van der Waals surface area (Å²) in [5.74, 6) is -3.00. The Hall–Kier alpha value is -5.35. The number of aromatic carboxylic acids is 1. The van der Waals surface area contributed by atoms with Gasteiger partial charge in [-0.15, -0.1) is 11.8 Å². The van der Waals surface area contributed by atoms with Crippen molar-refractivity contribution in [3.05, 3.63) is 125 Å². The van der Waals surface area contributed by atoms with E-state index in [-0.39, 0.29) is 22.9 Å². The van der Waals surface area contributed by atoms with E-state index in [2.05, 4.69) is 16.0 Å². The maximum Gasteiger partial charge on any atom is 0.339 e.